The van der Waals surface area contributed by atoms with Crippen molar-refractivity contribution in [2.24, 2.45) is 5.73 Å². The number of morpholine rings is 1. The van der Waals surface area contributed by atoms with Crippen LogP contribution in [0.1, 0.15) is 0 Å². The maximum atomic E-state index is 10.9. The lowest BCUT2D eigenvalue weighted by Gasteiger charge is -2.31. The molecule has 1 atom stereocenters. The van der Waals surface area contributed by atoms with E-state index in [1.54, 1.807) is 0 Å². The van der Waals surface area contributed by atoms with E-state index in [0.29, 0.717) is 19.8 Å². The molecule has 0 unspecified atom stereocenters. The van der Waals surface area contributed by atoms with Crippen molar-refractivity contribution < 1.29 is 14.3 Å². The Bertz CT molecular complexity index is 442. The molecule has 1 aromatic carbocycles. The van der Waals surface area contributed by atoms with E-state index in [2.05, 4.69) is 15.9 Å². The maximum absolute atomic E-state index is 10.9. The maximum Gasteiger partial charge on any atom is 0.231 e. The van der Waals surface area contributed by atoms with Gasteiger partial charge in [0.25, 0.3) is 0 Å². The summed E-state index contributed by atoms with van der Waals surface area (Å²) < 4.78 is 12.3. The van der Waals surface area contributed by atoms with E-state index < -0.39 is 0 Å². The molecule has 1 aliphatic rings. The molecular formula is C13H17BrN2O3. The van der Waals surface area contributed by atoms with Crippen LogP contribution in [0, 0.1) is 0 Å². The Kier molecular flexibility index (Phi) is 5.18. The lowest BCUT2D eigenvalue weighted by molar-refractivity contribution is -0.121. The molecule has 2 rings (SSSR count). The summed E-state index contributed by atoms with van der Waals surface area (Å²) in [6, 6.07) is 7.66. The molecule has 0 bridgehead atoms. The predicted molar refractivity (Wildman–Crippen MR) is 75.0 cm³/mol. The summed E-state index contributed by atoms with van der Waals surface area (Å²) in [6.07, 6.45) is -0.0351. The van der Waals surface area contributed by atoms with Gasteiger partial charge in [0.15, 0.2) is 0 Å². The van der Waals surface area contributed by atoms with E-state index in [1.165, 1.54) is 0 Å². The molecule has 0 saturated carbocycles. The van der Waals surface area contributed by atoms with E-state index in [9.17, 15) is 4.79 Å². The fraction of sp³-hybridized carbons (Fsp3) is 0.462. The second-order valence-corrected chi connectivity index (χ2v) is 5.38. The number of amides is 1. The van der Waals surface area contributed by atoms with Crippen LogP contribution >= 0.6 is 15.9 Å². The van der Waals surface area contributed by atoms with Crippen LogP contribution in [0.5, 0.6) is 5.75 Å². The van der Waals surface area contributed by atoms with Crippen LogP contribution in [0.4, 0.5) is 0 Å². The van der Waals surface area contributed by atoms with Crippen molar-refractivity contribution in [3.63, 3.8) is 0 Å². The average molecular weight is 329 g/mol. The van der Waals surface area contributed by atoms with Crippen LogP contribution in [0.15, 0.2) is 28.7 Å². The molecule has 104 valence electrons. The van der Waals surface area contributed by atoms with E-state index in [1.807, 2.05) is 29.2 Å². The third kappa shape index (κ3) is 4.81. The third-order valence-electron chi connectivity index (χ3n) is 2.83. The van der Waals surface area contributed by atoms with Gasteiger partial charge in [-0.15, -0.1) is 0 Å². The van der Waals surface area contributed by atoms with Crippen molar-refractivity contribution in [3.05, 3.63) is 28.7 Å². The first-order valence-corrected chi connectivity index (χ1v) is 6.93. The molecule has 0 spiro atoms. The van der Waals surface area contributed by atoms with E-state index >= 15 is 0 Å². The van der Waals surface area contributed by atoms with Gasteiger partial charge in [-0.2, -0.15) is 0 Å². The fourth-order valence-electron chi connectivity index (χ4n) is 1.99. The zero-order valence-corrected chi connectivity index (χ0v) is 12.1. The van der Waals surface area contributed by atoms with Gasteiger partial charge in [-0.1, -0.05) is 22.0 Å². The lowest BCUT2D eigenvalue weighted by Crippen LogP contribution is -2.47. The molecule has 1 aliphatic heterocycles. The molecule has 0 radical (unpaired) electrons. The van der Waals surface area contributed by atoms with Crippen LogP contribution < -0.4 is 10.5 Å². The molecule has 19 heavy (non-hydrogen) atoms. The van der Waals surface area contributed by atoms with Crippen LogP contribution in [0.3, 0.4) is 0 Å². The smallest absolute Gasteiger partial charge is 0.231 e. The largest absolute Gasteiger partial charge is 0.491 e. The van der Waals surface area contributed by atoms with Gasteiger partial charge in [-0.05, 0) is 18.2 Å². The molecule has 1 aromatic rings. The van der Waals surface area contributed by atoms with Gasteiger partial charge in [0.05, 0.1) is 13.2 Å². The van der Waals surface area contributed by atoms with Gasteiger partial charge in [-0.3, -0.25) is 9.69 Å². The van der Waals surface area contributed by atoms with Gasteiger partial charge >= 0.3 is 0 Å². The summed E-state index contributed by atoms with van der Waals surface area (Å²) in [5.74, 6) is 0.485. The monoisotopic (exact) mass is 328 g/mol. The first-order valence-electron chi connectivity index (χ1n) is 6.14. The summed E-state index contributed by atoms with van der Waals surface area (Å²) in [7, 11) is 0. The Morgan fingerprint density at radius 3 is 3.16 bits per heavy atom. The number of carbonyl (C=O) groups excluding carboxylic acids is 1. The average Bonchev–Trinajstić information content (AvgIpc) is 2.36. The quantitative estimate of drug-likeness (QED) is 0.876. The number of halogens is 1. The van der Waals surface area contributed by atoms with Gasteiger partial charge in [-0.25, -0.2) is 0 Å². The number of primary amides is 1. The Morgan fingerprint density at radius 1 is 1.58 bits per heavy atom. The highest BCUT2D eigenvalue weighted by Gasteiger charge is 2.21. The van der Waals surface area contributed by atoms with Gasteiger partial charge in [0.2, 0.25) is 5.91 Å². The lowest BCUT2D eigenvalue weighted by atomic mass is 10.3. The molecule has 1 fully saturated rings. The minimum atomic E-state index is -0.312. The van der Waals surface area contributed by atoms with E-state index in [4.69, 9.17) is 15.2 Å². The van der Waals surface area contributed by atoms with Crippen molar-refractivity contribution in [1.29, 1.82) is 0 Å². The number of hydrogen-bond donors (Lipinski definition) is 1. The number of nitrogens with two attached hydrogens (primary N) is 1. The van der Waals surface area contributed by atoms with Crippen LogP contribution in [0.2, 0.25) is 0 Å². The highest BCUT2D eigenvalue weighted by Crippen LogP contribution is 2.18. The normalized spacial score (nSPS) is 20.2. The van der Waals surface area contributed by atoms with Gasteiger partial charge < -0.3 is 15.2 Å². The second-order valence-electron chi connectivity index (χ2n) is 4.46. The van der Waals surface area contributed by atoms with Crippen molar-refractivity contribution in [3.8, 4) is 5.75 Å². The van der Waals surface area contributed by atoms with Crippen molar-refractivity contribution in [2.45, 2.75) is 6.10 Å². The Morgan fingerprint density at radius 2 is 2.42 bits per heavy atom. The summed E-state index contributed by atoms with van der Waals surface area (Å²) >= 11 is 3.39. The van der Waals surface area contributed by atoms with Crippen LogP contribution in [0.25, 0.3) is 0 Å². The van der Waals surface area contributed by atoms with E-state index in [0.717, 1.165) is 16.8 Å². The fourth-order valence-corrected chi connectivity index (χ4v) is 2.37. The number of benzene rings is 1. The van der Waals surface area contributed by atoms with Crippen LogP contribution in [-0.2, 0) is 9.53 Å². The molecular weight excluding hydrogens is 312 g/mol. The second kappa shape index (κ2) is 6.88. The number of hydrogen-bond acceptors (Lipinski definition) is 4. The SMILES string of the molecule is NC(=O)CN1CCO[C@H](COc2cccc(Br)c2)C1. The number of carbonyl (C=O) groups is 1. The molecule has 6 heteroatoms. The summed E-state index contributed by atoms with van der Waals surface area (Å²) in [5.41, 5.74) is 5.19. The van der Waals surface area contributed by atoms with Gasteiger partial charge in [0, 0.05) is 17.6 Å². The molecule has 1 heterocycles. The van der Waals surface area contributed by atoms with E-state index in [-0.39, 0.29) is 18.6 Å². The third-order valence-corrected chi connectivity index (χ3v) is 3.33. The molecule has 2 N–H and O–H groups in total. The Balaban J connectivity index is 1.81. The first-order chi connectivity index (χ1) is 9.13. The van der Waals surface area contributed by atoms with Crippen molar-refractivity contribution >= 4 is 21.8 Å². The van der Waals surface area contributed by atoms with Crippen molar-refractivity contribution in [2.75, 3.05) is 32.8 Å². The number of ether oxygens (including phenoxy) is 2. The van der Waals surface area contributed by atoms with Gasteiger partial charge in [0.1, 0.15) is 18.5 Å². The van der Waals surface area contributed by atoms with Crippen molar-refractivity contribution in [1.82, 2.24) is 4.90 Å². The molecule has 0 aliphatic carbocycles. The van der Waals surface area contributed by atoms with Crippen LogP contribution in [-0.4, -0.2) is 49.8 Å². The Labute approximate surface area is 120 Å². The zero-order chi connectivity index (χ0) is 13.7. The minimum absolute atomic E-state index is 0.0351. The minimum Gasteiger partial charge on any atom is -0.491 e. The summed E-state index contributed by atoms with van der Waals surface area (Å²) in [6.45, 7) is 2.73. The Hall–Kier alpha value is -1.11. The highest BCUT2D eigenvalue weighted by atomic mass is 79.9. The zero-order valence-electron chi connectivity index (χ0n) is 10.5. The summed E-state index contributed by atoms with van der Waals surface area (Å²) in [4.78, 5) is 12.9. The molecule has 5 nitrogen and oxygen atoms in total. The topological polar surface area (TPSA) is 64.8 Å². The first kappa shape index (κ1) is 14.3. The number of rotatable bonds is 5. The number of nitrogens with zero attached hydrogens (tertiary/aromatic N) is 1. The molecule has 0 aromatic heterocycles. The predicted octanol–water partition coefficient (Wildman–Crippen LogP) is 1.01. The standard InChI is InChI=1S/C13H17BrN2O3/c14-10-2-1-3-11(6-10)19-9-12-7-16(4-5-18-12)8-13(15)17/h1-3,6,12H,4-5,7-9H2,(H2,15,17)/t12-/m0/s1. The summed E-state index contributed by atoms with van der Waals surface area (Å²) in [5, 5.41) is 0. The molecule has 1 saturated heterocycles. The molecule has 1 amide bonds. The highest BCUT2D eigenvalue weighted by molar-refractivity contribution is 9.10.